The van der Waals surface area contributed by atoms with E-state index in [-0.39, 0.29) is 0 Å². The van der Waals surface area contributed by atoms with Crippen LogP contribution in [0.2, 0.25) is 0 Å². The first-order valence-electron chi connectivity index (χ1n) is 6.05. The Balaban J connectivity index is 1.76. The zero-order valence-electron chi connectivity index (χ0n) is 10.7. The lowest BCUT2D eigenvalue weighted by molar-refractivity contribution is -0.142. The van der Waals surface area contributed by atoms with E-state index in [9.17, 15) is 4.79 Å². The molecule has 0 fully saturated rings. The Labute approximate surface area is 123 Å². The molecular weight excluding hydrogens is 292 g/mol. The van der Waals surface area contributed by atoms with Crippen molar-refractivity contribution in [3.63, 3.8) is 0 Å². The molecule has 6 nitrogen and oxygen atoms in total. The number of furan rings is 1. The predicted molar refractivity (Wildman–Crippen MR) is 78.5 cm³/mol. The van der Waals surface area contributed by atoms with Crippen molar-refractivity contribution >= 4 is 33.7 Å². The van der Waals surface area contributed by atoms with Gasteiger partial charge in [0.05, 0.1) is 10.2 Å². The van der Waals surface area contributed by atoms with Gasteiger partial charge in [-0.15, -0.1) is 11.3 Å². The van der Waals surface area contributed by atoms with Gasteiger partial charge in [0.1, 0.15) is 12.0 Å². The first kappa shape index (κ1) is 13.3. The van der Waals surface area contributed by atoms with Gasteiger partial charge in [-0.3, -0.25) is 0 Å². The second-order valence-electron chi connectivity index (χ2n) is 4.09. The number of nitrogens with zero attached hydrogens (tertiary/aromatic N) is 2. The van der Waals surface area contributed by atoms with Crippen LogP contribution in [-0.4, -0.2) is 28.9 Å². The third-order valence-electron chi connectivity index (χ3n) is 2.57. The van der Waals surface area contributed by atoms with Gasteiger partial charge in [0, 0.05) is 0 Å². The van der Waals surface area contributed by atoms with Crippen LogP contribution < -0.4 is 0 Å². The van der Waals surface area contributed by atoms with Crippen molar-refractivity contribution in [3.05, 3.63) is 42.2 Å². The number of aromatic nitrogens is 1. The third-order valence-corrected chi connectivity index (χ3v) is 3.62. The Kier molecular flexibility index (Phi) is 3.65. The lowest BCUT2D eigenvalue weighted by atomic mass is 10.3. The smallest absolute Gasteiger partial charge is 0.344 e. The molecule has 3 aromatic rings. The SMILES string of the molecule is O=C(O)CON=Cc1ccc(-c2nc3ccccc3s2)o1. The molecule has 7 heteroatoms. The average molecular weight is 302 g/mol. The zero-order valence-corrected chi connectivity index (χ0v) is 11.5. The van der Waals surface area contributed by atoms with E-state index >= 15 is 0 Å². The first-order valence-corrected chi connectivity index (χ1v) is 6.87. The monoisotopic (exact) mass is 302 g/mol. The molecule has 106 valence electrons. The summed E-state index contributed by atoms with van der Waals surface area (Å²) in [6.07, 6.45) is 1.32. The number of para-hydroxylation sites is 1. The van der Waals surface area contributed by atoms with Crippen molar-refractivity contribution in [2.24, 2.45) is 5.16 Å². The van der Waals surface area contributed by atoms with Gasteiger partial charge >= 0.3 is 5.97 Å². The number of aliphatic carboxylic acids is 1. The molecule has 0 atom stereocenters. The number of oxime groups is 1. The average Bonchev–Trinajstić information content (AvgIpc) is 3.09. The number of hydrogen-bond acceptors (Lipinski definition) is 6. The molecule has 0 aliphatic carbocycles. The number of carboxylic acids is 1. The van der Waals surface area contributed by atoms with Crippen LogP contribution in [0.5, 0.6) is 0 Å². The number of benzene rings is 1. The molecule has 1 N–H and O–H groups in total. The second kappa shape index (κ2) is 5.76. The summed E-state index contributed by atoms with van der Waals surface area (Å²) in [6, 6.07) is 11.4. The van der Waals surface area contributed by atoms with Crippen LogP contribution in [0.3, 0.4) is 0 Å². The van der Waals surface area contributed by atoms with E-state index in [4.69, 9.17) is 9.52 Å². The lowest BCUT2D eigenvalue weighted by Crippen LogP contribution is -2.03. The molecule has 0 bridgehead atoms. The summed E-state index contributed by atoms with van der Waals surface area (Å²) in [5.41, 5.74) is 0.925. The minimum Gasteiger partial charge on any atom is -0.479 e. The fraction of sp³-hybridized carbons (Fsp3) is 0.0714. The van der Waals surface area contributed by atoms with Crippen LogP contribution in [0, 0.1) is 0 Å². The lowest BCUT2D eigenvalue weighted by Gasteiger charge is -1.91. The topological polar surface area (TPSA) is 84.9 Å². The minimum absolute atomic E-state index is 0.467. The summed E-state index contributed by atoms with van der Waals surface area (Å²) >= 11 is 1.54. The maximum Gasteiger partial charge on any atom is 0.344 e. The van der Waals surface area contributed by atoms with Gasteiger partial charge < -0.3 is 14.4 Å². The Morgan fingerprint density at radius 3 is 3.05 bits per heavy atom. The number of thiazole rings is 1. The molecule has 3 rings (SSSR count). The minimum atomic E-state index is -1.08. The van der Waals surface area contributed by atoms with Crippen LogP contribution in [0.25, 0.3) is 21.0 Å². The van der Waals surface area contributed by atoms with Gasteiger partial charge in [0.2, 0.25) is 6.61 Å². The van der Waals surface area contributed by atoms with Crippen LogP contribution in [0.4, 0.5) is 0 Å². The van der Waals surface area contributed by atoms with Crippen molar-refractivity contribution in [2.45, 2.75) is 0 Å². The highest BCUT2D eigenvalue weighted by molar-refractivity contribution is 7.21. The molecule has 0 saturated carbocycles. The van der Waals surface area contributed by atoms with E-state index in [0.717, 1.165) is 15.2 Å². The number of hydrogen-bond donors (Lipinski definition) is 1. The molecule has 0 saturated heterocycles. The summed E-state index contributed by atoms with van der Waals surface area (Å²) in [6.45, 7) is -0.484. The maximum absolute atomic E-state index is 10.3. The van der Waals surface area contributed by atoms with Crippen molar-refractivity contribution in [1.82, 2.24) is 4.98 Å². The molecule has 0 aliphatic rings. The van der Waals surface area contributed by atoms with Crippen LogP contribution in [0.15, 0.2) is 46.0 Å². The third kappa shape index (κ3) is 3.09. The van der Waals surface area contributed by atoms with E-state index in [2.05, 4.69) is 15.0 Å². The van der Waals surface area contributed by atoms with E-state index < -0.39 is 12.6 Å². The fourth-order valence-electron chi connectivity index (χ4n) is 1.70. The molecule has 0 amide bonds. The molecule has 21 heavy (non-hydrogen) atoms. The second-order valence-corrected chi connectivity index (χ2v) is 5.12. The van der Waals surface area contributed by atoms with Crippen molar-refractivity contribution < 1.29 is 19.2 Å². The van der Waals surface area contributed by atoms with Gasteiger partial charge in [0.25, 0.3) is 0 Å². The van der Waals surface area contributed by atoms with E-state index in [0.29, 0.717) is 11.5 Å². The largest absolute Gasteiger partial charge is 0.479 e. The first-order chi connectivity index (χ1) is 10.2. The summed E-state index contributed by atoms with van der Waals surface area (Å²) in [5.74, 6) is 0.0206. The van der Waals surface area contributed by atoms with E-state index in [1.54, 1.807) is 12.1 Å². The maximum atomic E-state index is 10.3. The molecule has 0 radical (unpaired) electrons. The summed E-state index contributed by atoms with van der Waals surface area (Å²) in [5, 5.41) is 12.7. The summed E-state index contributed by atoms with van der Waals surface area (Å²) in [7, 11) is 0. The molecular formula is C14H10N2O4S. The van der Waals surface area contributed by atoms with Gasteiger partial charge in [-0.25, -0.2) is 9.78 Å². The van der Waals surface area contributed by atoms with Crippen molar-refractivity contribution in [1.29, 1.82) is 0 Å². The fourth-order valence-corrected chi connectivity index (χ4v) is 2.62. The molecule has 0 aliphatic heterocycles. The standard InChI is InChI=1S/C14H10N2O4S/c17-13(18)8-19-15-7-9-5-6-11(20-9)14-16-10-3-1-2-4-12(10)21-14/h1-7H,8H2,(H,17,18). The van der Waals surface area contributed by atoms with Gasteiger partial charge in [-0.2, -0.15) is 0 Å². The summed E-state index contributed by atoms with van der Waals surface area (Å²) < 4.78 is 6.66. The predicted octanol–water partition coefficient (Wildman–Crippen LogP) is 2.99. The van der Waals surface area contributed by atoms with Crippen LogP contribution >= 0.6 is 11.3 Å². The number of fused-ring (bicyclic) bond motifs is 1. The normalized spacial score (nSPS) is 11.2. The van der Waals surface area contributed by atoms with Crippen LogP contribution in [-0.2, 0) is 9.63 Å². The highest BCUT2D eigenvalue weighted by Gasteiger charge is 2.09. The van der Waals surface area contributed by atoms with E-state index in [1.165, 1.54) is 17.6 Å². The zero-order chi connectivity index (χ0) is 14.7. The van der Waals surface area contributed by atoms with Crippen molar-refractivity contribution in [2.75, 3.05) is 6.61 Å². The number of carboxylic acid groups (broad SMARTS) is 1. The highest BCUT2D eigenvalue weighted by Crippen LogP contribution is 2.30. The Hall–Kier alpha value is -2.67. The van der Waals surface area contributed by atoms with Gasteiger partial charge in [-0.1, -0.05) is 17.3 Å². The molecule has 2 aromatic heterocycles. The Morgan fingerprint density at radius 1 is 1.38 bits per heavy atom. The van der Waals surface area contributed by atoms with Gasteiger partial charge in [0.15, 0.2) is 10.8 Å². The van der Waals surface area contributed by atoms with E-state index in [1.807, 2.05) is 24.3 Å². The molecule has 0 spiro atoms. The van der Waals surface area contributed by atoms with Gasteiger partial charge in [-0.05, 0) is 24.3 Å². The summed E-state index contributed by atoms with van der Waals surface area (Å²) in [4.78, 5) is 19.3. The molecule has 2 heterocycles. The van der Waals surface area contributed by atoms with Crippen LogP contribution in [0.1, 0.15) is 5.76 Å². The quantitative estimate of drug-likeness (QED) is 0.578. The number of carbonyl (C=O) groups is 1. The molecule has 1 aromatic carbocycles. The Morgan fingerprint density at radius 2 is 2.24 bits per heavy atom. The number of rotatable bonds is 5. The van der Waals surface area contributed by atoms with Crippen molar-refractivity contribution in [3.8, 4) is 10.8 Å². The highest BCUT2D eigenvalue weighted by atomic mass is 32.1. The molecule has 0 unspecified atom stereocenters. The Bertz CT molecular complexity index is 773.